The number of nitrogens with one attached hydrogen (secondary N) is 2. The number of aromatic nitrogens is 5. The number of imidazole rings is 1. The molecular formula is C19H21N5O3S. The fraction of sp³-hybridized carbons (Fsp3) is 0.316. The van der Waals surface area contributed by atoms with Gasteiger partial charge >= 0.3 is 5.16 Å². The highest BCUT2D eigenvalue weighted by Gasteiger charge is 2.21. The Kier molecular flexibility index (Phi) is 5.47. The van der Waals surface area contributed by atoms with Crippen molar-refractivity contribution in [2.75, 3.05) is 20.3 Å². The summed E-state index contributed by atoms with van der Waals surface area (Å²) < 4.78 is 23.8. The average molecular weight is 399 g/mol. The van der Waals surface area contributed by atoms with Gasteiger partial charge in [-0.1, -0.05) is 0 Å². The zero-order valence-electron chi connectivity index (χ0n) is 15.7. The van der Waals surface area contributed by atoms with Gasteiger partial charge in [0.15, 0.2) is 5.75 Å². The summed E-state index contributed by atoms with van der Waals surface area (Å²) in [6.45, 7) is 3.14. The van der Waals surface area contributed by atoms with Crippen LogP contribution in [0.25, 0.3) is 21.9 Å². The van der Waals surface area contributed by atoms with Gasteiger partial charge in [0.1, 0.15) is 11.3 Å². The summed E-state index contributed by atoms with van der Waals surface area (Å²) >= 11 is -1.36. The molecule has 0 radical (unpaired) electrons. The smallest absolute Gasteiger partial charge is 0.322 e. The number of aromatic amines is 2. The third-order valence-corrected chi connectivity index (χ3v) is 5.70. The van der Waals surface area contributed by atoms with Crippen molar-refractivity contribution < 1.29 is 14.0 Å². The van der Waals surface area contributed by atoms with E-state index < -0.39 is 11.2 Å². The zero-order chi connectivity index (χ0) is 19.5. The Bertz CT molecular complexity index is 1090. The van der Waals surface area contributed by atoms with Gasteiger partial charge in [0.05, 0.1) is 29.5 Å². The normalized spacial score (nSPS) is 12.7. The SMILES string of the molecule is COCCCOc1ccnc(C[S+]([O-])c2nc3c(ccc4[nH]ncc43)[nH]2)c1C. The third kappa shape index (κ3) is 3.68. The Morgan fingerprint density at radius 1 is 1.18 bits per heavy atom. The third-order valence-electron chi connectivity index (χ3n) is 4.54. The van der Waals surface area contributed by atoms with Crippen molar-refractivity contribution in [1.29, 1.82) is 0 Å². The Morgan fingerprint density at radius 3 is 2.89 bits per heavy atom. The number of benzene rings is 1. The number of methoxy groups -OCH3 is 1. The Balaban J connectivity index is 1.53. The van der Waals surface area contributed by atoms with Crippen LogP contribution in [0.3, 0.4) is 0 Å². The second-order valence-corrected chi connectivity index (χ2v) is 7.77. The number of fused-ring (bicyclic) bond motifs is 3. The van der Waals surface area contributed by atoms with E-state index in [1.54, 1.807) is 19.5 Å². The summed E-state index contributed by atoms with van der Waals surface area (Å²) in [6, 6.07) is 5.65. The molecule has 4 aromatic rings. The number of hydrogen-bond donors (Lipinski definition) is 2. The molecule has 0 saturated heterocycles. The number of rotatable bonds is 8. The Morgan fingerprint density at radius 2 is 2.04 bits per heavy atom. The van der Waals surface area contributed by atoms with Crippen molar-refractivity contribution in [3.8, 4) is 5.75 Å². The number of nitrogens with zero attached hydrogens (tertiary/aromatic N) is 3. The maximum Gasteiger partial charge on any atom is 0.322 e. The molecule has 9 heteroatoms. The maximum absolute atomic E-state index is 12.9. The summed E-state index contributed by atoms with van der Waals surface area (Å²) in [5.41, 5.74) is 4.11. The molecule has 0 aliphatic carbocycles. The van der Waals surface area contributed by atoms with Gasteiger partial charge in [-0.25, -0.2) is 0 Å². The van der Waals surface area contributed by atoms with E-state index >= 15 is 0 Å². The number of H-pyrrole nitrogens is 2. The van der Waals surface area contributed by atoms with E-state index in [2.05, 4.69) is 25.1 Å². The first-order valence-electron chi connectivity index (χ1n) is 8.93. The van der Waals surface area contributed by atoms with Crippen LogP contribution >= 0.6 is 0 Å². The van der Waals surface area contributed by atoms with Gasteiger partial charge in [0, 0.05) is 48.5 Å². The summed E-state index contributed by atoms with van der Waals surface area (Å²) in [5.74, 6) is 1.01. The van der Waals surface area contributed by atoms with Crippen molar-refractivity contribution in [3.05, 3.63) is 41.9 Å². The molecule has 0 spiro atoms. The molecule has 3 aromatic heterocycles. The molecule has 1 atom stereocenters. The highest BCUT2D eigenvalue weighted by Crippen LogP contribution is 2.26. The van der Waals surface area contributed by atoms with Gasteiger partial charge in [0.2, 0.25) is 0 Å². The molecule has 4 rings (SSSR count). The predicted molar refractivity (Wildman–Crippen MR) is 107 cm³/mol. The van der Waals surface area contributed by atoms with Crippen LogP contribution in [0, 0.1) is 6.92 Å². The van der Waals surface area contributed by atoms with Crippen molar-refractivity contribution in [1.82, 2.24) is 25.1 Å². The topological polar surface area (TPSA) is 112 Å². The molecule has 0 fully saturated rings. The van der Waals surface area contributed by atoms with Crippen LogP contribution in [0.5, 0.6) is 5.75 Å². The molecule has 2 N–H and O–H groups in total. The molecule has 3 heterocycles. The highest BCUT2D eigenvalue weighted by molar-refractivity contribution is 7.90. The van der Waals surface area contributed by atoms with Crippen LogP contribution in [0.4, 0.5) is 0 Å². The number of hydrogen-bond acceptors (Lipinski definition) is 6. The van der Waals surface area contributed by atoms with E-state index in [1.165, 1.54) is 0 Å². The van der Waals surface area contributed by atoms with E-state index in [0.29, 0.717) is 18.4 Å². The van der Waals surface area contributed by atoms with Crippen LogP contribution in [0.15, 0.2) is 35.7 Å². The van der Waals surface area contributed by atoms with Crippen LogP contribution in [-0.2, 0) is 21.7 Å². The van der Waals surface area contributed by atoms with Crippen LogP contribution < -0.4 is 4.74 Å². The molecule has 28 heavy (non-hydrogen) atoms. The second-order valence-electron chi connectivity index (χ2n) is 6.40. The minimum atomic E-state index is -1.36. The fourth-order valence-corrected chi connectivity index (χ4v) is 4.11. The molecule has 146 valence electrons. The lowest BCUT2D eigenvalue weighted by atomic mass is 10.2. The summed E-state index contributed by atoms with van der Waals surface area (Å²) in [7, 11) is 1.67. The van der Waals surface area contributed by atoms with Gasteiger partial charge in [-0.15, -0.1) is 0 Å². The average Bonchev–Trinajstić information content (AvgIpc) is 3.34. The standard InChI is InChI=1S/C19H21N5O3S/c1-12-16(20-7-6-17(12)27-9-3-8-26-2)11-28(25)19-22-15-5-4-14-13(10-21-24-14)18(15)23-19/h4-7,10H,3,8-9,11H2,1-2H3,(H,21,24)(H,22,23). The molecule has 0 amide bonds. The first-order chi connectivity index (χ1) is 13.7. The molecule has 0 saturated carbocycles. The summed E-state index contributed by atoms with van der Waals surface area (Å²) in [4.78, 5) is 12.1. The van der Waals surface area contributed by atoms with E-state index in [0.717, 1.165) is 45.4 Å². The molecule has 0 aliphatic rings. The molecule has 0 bridgehead atoms. The van der Waals surface area contributed by atoms with Crippen LogP contribution in [0.2, 0.25) is 0 Å². The first-order valence-corrected chi connectivity index (χ1v) is 10.3. The quantitative estimate of drug-likeness (QED) is 0.348. The lowest BCUT2D eigenvalue weighted by molar-refractivity contribution is 0.172. The molecule has 8 nitrogen and oxygen atoms in total. The largest absolute Gasteiger partial charge is 0.609 e. The number of ether oxygens (including phenoxy) is 2. The van der Waals surface area contributed by atoms with Gasteiger partial charge < -0.3 is 14.0 Å². The van der Waals surface area contributed by atoms with Crippen LogP contribution in [0.1, 0.15) is 17.7 Å². The van der Waals surface area contributed by atoms with Crippen molar-refractivity contribution >= 4 is 33.1 Å². The van der Waals surface area contributed by atoms with E-state index in [4.69, 9.17) is 9.47 Å². The summed E-state index contributed by atoms with van der Waals surface area (Å²) in [6.07, 6.45) is 4.21. The van der Waals surface area contributed by atoms with Crippen molar-refractivity contribution in [2.45, 2.75) is 24.3 Å². The Labute approximate surface area is 164 Å². The van der Waals surface area contributed by atoms with Gasteiger partial charge in [-0.2, -0.15) is 10.1 Å². The van der Waals surface area contributed by atoms with Crippen molar-refractivity contribution in [3.63, 3.8) is 0 Å². The number of pyridine rings is 1. The lowest BCUT2D eigenvalue weighted by Gasteiger charge is -2.12. The Hall–Kier alpha value is -2.62. The molecular weight excluding hydrogens is 378 g/mol. The highest BCUT2D eigenvalue weighted by atomic mass is 32.2. The second kappa shape index (κ2) is 8.17. The first kappa shape index (κ1) is 18.7. The lowest BCUT2D eigenvalue weighted by Crippen LogP contribution is -2.10. The summed E-state index contributed by atoms with van der Waals surface area (Å²) in [5, 5.41) is 8.29. The van der Waals surface area contributed by atoms with E-state index in [1.807, 2.05) is 25.1 Å². The minimum Gasteiger partial charge on any atom is -0.609 e. The molecule has 0 aliphatic heterocycles. The van der Waals surface area contributed by atoms with Gasteiger partial charge in [0.25, 0.3) is 0 Å². The van der Waals surface area contributed by atoms with E-state index in [9.17, 15) is 4.55 Å². The monoisotopic (exact) mass is 399 g/mol. The minimum absolute atomic E-state index is 0.259. The molecule has 1 unspecified atom stereocenters. The van der Waals surface area contributed by atoms with Crippen LogP contribution in [-0.4, -0.2) is 50.0 Å². The van der Waals surface area contributed by atoms with E-state index in [-0.39, 0.29) is 5.75 Å². The molecule has 1 aromatic carbocycles. The zero-order valence-corrected chi connectivity index (χ0v) is 16.5. The maximum atomic E-state index is 12.9. The van der Waals surface area contributed by atoms with Crippen molar-refractivity contribution in [2.24, 2.45) is 0 Å². The van der Waals surface area contributed by atoms with Gasteiger partial charge in [-0.3, -0.25) is 15.1 Å². The van der Waals surface area contributed by atoms with Gasteiger partial charge in [-0.05, 0) is 25.1 Å². The predicted octanol–water partition coefficient (Wildman–Crippen LogP) is 2.87. The fourth-order valence-electron chi connectivity index (χ4n) is 3.02.